The van der Waals surface area contributed by atoms with Crippen LogP contribution in [0.15, 0.2) is 18.2 Å². The minimum Gasteiger partial charge on any atom is -0.427 e. The Morgan fingerprint density at radius 3 is 2.70 bits per heavy atom. The van der Waals surface area contributed by atoms with Gasteiger partial charge in [-0.25, -0.2) is 0 Å². The molecule has 1 aromatic rings. The average molecular weight is 266 g/mol. The molecule has 0 radical (unpaired) electrons. The third-order valence-electron chi connectivity index (χ3n) is 1.25. The predicted molar refractivity (Wildman–Crippen MR) is 55.2 cm³/mol. The van der Waals surface area contributed by atoms with Crippen molar-refractivity contribution in [2.75, 3.05) is 0 Å². The molecular formula is C7H8IOP. The molecule has 1 nitrogen and oxygen atoms in total. The van der Waals surface area contributed by atoms with Crippen LogP contribution in [0.3, 0.4) is 0 Å². The highest BCUT2D eigenvalue weighted by Gasteiger charge is 1.96. The van der Waals surface area contributed by atoms with Crippen molar-refractivity contribution in [1.82, 2.24) is 0 Å². The fraction of sp³-hybridized carbons (Fsp3) is 0.143. The summed E-state index contributed by atoms with van der Waals surface area (Å²) in [7, 11) is 2.62. The zero-order valence-electron chi connectivity index (χ0n) is 5.60. The lowest BCUT2D eigenvalue weighted by Gasteiger charge is -2.01. The normalized spacial score (nSPS) is 9.50. The molecule has 0 bridgehead atoms. The second-order valence-electron chi connectivity index (χ2n) is 2.12. The molecule has 1 atom stereocenters. The minimum absolute atomic E-state index is 0.922. The van der Waals surface area contributed by atoms with E-state index in [0.29, 0.717) is 0 Å². The van der Waals surface area contributed by atoms with Gasteiger partial charge < -0.3 is 3.07 Å². The van der Waals surface area contributed by atoms with Gasteiger partial charge in [0.25, 0.3) is 0 Å². The molecule has 1 unspecified atom stereocenters. The summed E-state index contributed by atoms with van der Waals surface area (Å²) in [6, 6.07) is 6.09. The third-order valence-corrected chi connectivity index (χ3v) is 2.20. The van der Waals surface area contributed by atoms with Gasteiger partial charge in [-0.1, -0.05) is 12.1 Å². The summed E-state index contributed by atoms with van der Waals surface area (Å²) in [5.74, 6) is 0.922. The molecular weight excluding hydrogens is 258 g/mol. The SMILES string of the molecule is Cc1ccc(P)c(OI)c1. The smallest absolute Gasteiger partial charge is 0.192 e. The zero-order valence-corrected chi connectivity index (χ0v) is 8.91. The molecule has 0 aliphatic rings. The van der Waals surface area contributed by atoms with Gasteiger partial charge >= 0.3 is 0 Å². The van der Waals surface area contributed by atoms with Crippen molar-refractivity contribution in [1.29, 1.82) is 0 Å². The van der Waals surface area contributed by atoms with E-state index in [1.807, 2.05) is 42.1 Å². The molecule has 0 aromatic heterocycles. The number of hydrogen-bond acceptors (Lipinski definition) is 1. The first-order chi connectivity index (χ1) is 4.74. The van der Waals surface area contributed by atoms with E-state index in [0.717, 1.165) is 11.1 Å². The fourth-order valence-corrected chi connectivity index (χ4v) is 1.57. The molecule has 1 aromatic carbocycles. The lowest BCUT2D eigenvalue weighted by Crippen LogP contribution is -1.94. The lowest BCUT2D eigenvalue weighted by atomic mass is 10.2. The van der Waals surface area contributed by atoms with Crippen LogP contribution in [-0.2, 0) is 0 Å². The second-order valence-corrected chi connectivity index (χ2v) is 3.18. The van der Waals surface area contributed by atoms with E-state index in [1.54, 1.807) is 0 Å². The van der Waals surface area contributed by atoms with Crippen molar-refractivity contribution in [3.05, 3.63) is 23.8 Å². The highest BCUT2D eigenvalue weighted by molar-refractivity contribution is 14.1. The predicted octanol–water partition coefficient (Wildman–Crippen LogP) is 2.22. The Bertz CT molecular complexity index is 237. The molecule has 0 saturated carbocycles. The van der Waals surface area contributed by atoms with E-state index in [1.165, 1.54) is 5.56 Å². The van der Waals surface area contributed by atoms with Gasteiger partial charge in [-0.2, -0.15) is 0 Å². The van der Waals surface area contributed by atoms with Crippen LogP contribution in [-0.4, -0.2) is 0 Å². The van der Waals surface area contributed by atoms with Crippen LogP contribution >= 0.6 is 32.2 Å². The summed E-state index contributed by atoms with van der Waals surface area (Å²) < 4.78 is 5.07. The maximum Gasteiger partial charge on any atom is 0.192 e. The van der Waals surface area contributed by atoms with Crippen LogP contribution in [0.25, 0.3) is 0 Å². The number of rotatable bonds is 1. The lowest BCUT2D eigenvalue weighted by molar-refractivity contribution is 0.722. The molecule has 0 aliphatic carbocycles. The number of aryl methyl sites for hydroxylation is 1. The van der Waals surface area contributed by atoms with Crippen LogP contribution in [0.1, 0.15) is 5.56 Å². The molecule has 3 heteroatoms. The quantitative estimate of drug-likeness (QED) is 0.559. The maximum atomic E-state index is 5.07. The Balaban J connectivity index is 3.09. The molecule has 54 valence electrons. The van der Waals surface area contributed by atoms with Gasteiger partial charge in [0.2, 0.25) is 0 Å². The van der Waals surface area contributed by atoms with Gasteiger partial charge in [0.15, 0.2) is 23.0 Å². The number of halogens is 1. The number of benzene rings is 1. The van der Waals surface area contributed by atoms with E-state index in [2.05, 4.69) is 15.3 Å². The van der Waals surface area contributed by atoms with Gasteiger partial charge in [-0.15, -0.1) is 9.24 Å². The van der Waals surface area contributed by atoms with Crippen molar-refractivity contribution >= 4 is 37.6 Å². The largest absolute Gasteiger partial charge is 0.427 e. The topological polar surface area (TPSA) is 9.23 Å². The summed E-state index contributed by atoms with van der Waals surface area (Å²) in [6.07, 6.45) is 0. The van der Waals surface area contributed by atoms with Crippen molar-refractivity contribution in [2.24, 2.45) is 0 Å². The molecule has 0 amide bonds. The highest BCUT2D eigenvalue weighted by atomic mass is 127. The first-order valence-electron chi connectivity index (χ1n) is 2.89. The van der Waals surface area contributed by atoms with Crippen LogP contribution < -0.4 is 8.37 Å². The van der Waals surface area contributed by atoms with Gasteiger partial charge in [0.05, 0.1) is 0 Å². The van der Waals surface area contributed by atoms with Gasteiger partial charge in [-0.3, -0.25) is 0 Å². The molecule has 10 heavy (non-hydrogen) atoms. The summed E-state index contributed by atoms with van der Waals surface area (Å²) in [5, 5.41) is 1.10. The van der Waals surface area contributed by atoms with E-state index in [9.17, 15) is 0 Å². The molecule has 0 fully saturated rings. The monoisotopic (exact) mass is 266 g/mol. The second kappa shape index (κ2) is 3.54. The maximum absolute atomic E-state index is 5.07. The average Bonchev–Trinajstić information content (AvgIpc) is 1.94. The molecule has 0 saturated heterocycles. The summed E-state index contributed by atoms with van der Waals surface area (Å²) in [5.41, 5.74) is 1.22. The first-order valence-corrected chi connectivity index (χ1v) is 4.34. The van der Waals surface area contributed by atoms with Crippen molar-refractivity contribution in [3.63, 3.8) is 0 Å². The van der Waals surface area contributed by atoms with Crippen LogP contribution in [0.2, 0.25) is 0 Å². The highest BCUT2D eigenvalue weighted by Crippen LogP contribution is 2.14. The first kappa shape index (κ1) is 8.28. The van der Waals surface area contributed by atoms with Crippen molar-refractivity contribution < 1.29 is 3.07 Å². The van der Waals surface area contributed by atoms with Gasteiger partial charge in [0.1, 0.15) is 5.75 Å². The van der Waals surface area contributed by atoms with Crippen molar-refractivity contribution in [3.8, 4) is 5.75 Å². The summed E-state index contributed by atoms with van der Waals surface area (Å²) in [4.78, 5) is 0. The molecule has 0 aliphatic heterocycles. The molecule has 0 heterocycles. The standard InChI is InChI=1S/C7H8IOP/c1-5-2-3-7(10)6(4-5)9-8/h2-4H,10H2,1H3. The molecule has 1 rings (SSSR count). The summed E-state index contributed by atoms with van der Waals surface area (Å²) >= 11 is 1.88. The van der Waals surface area contributed by atoms with E-state index < -0.39 is 0 Å². The van der Waals surface area contributed by atoms with Gasteiger partial charge in [-0.05, 0) is 18.6 Å². The molecule has 0 spiro atoms. The van der Waals surface area contributed by atoms with Crippen molar-refractivity contribution in [2.45, 2.75) is 6.92 Å². The van der Waals surface area contributed by atoms with E-state index in [-0.39, 0.29) is 0 Å². The number of hydrogen-bond donors (Lipinski definition) is 0. The Morgan fingerprint density at radius 2 is 2.20 bits per heavy atom. The minimum atomic E-state index is 0.922. The van der Waals surface area contributed by atoms with Crippen LogP contribution in [0.4, 0.5) is 0 Å². The van der Waals surface area contributed by atoms with Crippen LogP contribution in [0.5, 0.6) is 5.75 Å². The Kier molecular flexibility index (Phi) is 2.93. The van der Waals surface area contributed by atoms with E-state index in [4.69, 9.17) is 3.07 Å². The zero-order chi connectivity index (χ0) is 7.56. The van der Waals surface area contributed by atoms with Gasteiger partial charge in [0, 0.05) is 5.30 Å². The van der Waals surface area contributed by atoms with Crippen LogP contribution in [0, 0.1) is 6.92 Å². The van der Waals surface area contributed by atoms with E-state index >= 15 is 0 Å². The third kappa shape index (κ3) is 1.83. The fourth-order valence-electron chi connectivity index (χ4n) is 0.708. The summed E-state index contributed by atoms with van der Waals surface area (Å²) in [6.45, 7) is 2.04. The Hall–Kier alpha value is 0.180. The Morgan fingerprint density at radius 1 is 1.50 bits per heavy atom. The molecule has 0 N–H and O–H groups in total. The Labute approximate surface area is 77.1 Å².